The standard InChI is InChI=1S/C13H23NO4/c1-3-9(2)12(13(16)17)14-11(15)7-6-10-5-4-8-18-10/h9-10,12H,3-8H2,1-2H3,(H,14,15)(H,16,17)/t9-,10?,12-/m0/s1. The average molecular weight is 257 g/mol. The highest BCUT2D eigenvalue weighted by molar-refractivity contribution is 5.83. The number of carbonyl (C=O) groups is 2. The second kappa shape index (κ2) is 7.36. The van der Waals surface area contributed by atoms with Crippen molar-refractivity contribution < 1.29 is 19.4 Å². The van der Waals surface area contributed by atoms with Gasteiger partial charge in [0, 0.05) is 13.0 Å². The lowest BCUT2D eigenvalue weighted by molar-refractivity contribution is -0.143. The normalized spacial score (nSPS) is 22.4. The van der Waals surface area contributed by atoms with E-state index in [1.165, 1.54) is 0 Å². The SMILES string of the molecule is CC[C@H](C)[C@H](NC(=O)CCC1CCCO1)C(=O)O. The Morgan fingerprint density at radius 2 is 2.22 bits per heavy atom. The van der Waals surface area contributed by atoms with Gasteiger partial charge < -0.3 is 15.2 Å². The van der Waals surface area contributed by atoms with Crippen LogP contribution < -0.4 is 5.32 Å². The van der Waals surface area contributed by atoms with E-state index in [2.05, 4.69) is 5.32 Å². The van der Waals surface area contributed by atoms with Crippen LogP contribution >= 0.6 is 0 Å². The molecule has 2 N–H and O–H groups in total. The lowest BCUT2D eigenvalue weighted by Crippen LogP contribution is -2.45. The topological polar surface area (TPSA) is 75.6 Å². The molecule has 0 saturated carbocycles. The van der Waals surface area contributed by atoms with Gasteiger partial charge in [0.15, 0.2) is 0 Å². The monoisotopic (exact) mass is 257 g/mol. The van der Waals surface area contributed by atoms with Crippen LogP contribution in [0.4, 0.5) is 0 Å². The van der Waals surface area contributed by atoms with Crippen LogP contribution in [0.25, 0.3) is 0 Å². The van der Waals surface area contributed by atoms with E-state index in [1.807, 2.05) is 13.8 Å². The zero-order chi connectivity index (χ0) is 13.5. The molecular weight excluding hydrogens is 234 g/mol. The molecule has 1 amide bonds. The average Bonchev–Trinajstić information content (AvgIpc) is 2.85. The third kappa shape index (κ3) is 4.64. The van der Waals surface area contributed by atoms with Crippen molar-refractivity contribution in [3.8, 4) is 0 Å². The highest BCUT2D eigenvalue weighted by Crippen LogP contribution is 2.17. The van der Waals surface area contributed by atoms with Gasteiger partial charge in [-0.1, -0.05) is 20.3 Å². The van der Waals surface area contributed by atoms with Crippen molar-refractivity contribution in [3.05, 3.63) is 0 Å². The number of carboxylic acid groups (broad SMARTS) is 1. The minimum atomic E-state index is -0.963. The van der Waals surface area contributed by atoms with E-state index in [4.69, 9.17) is 9.84 Å². The summed E-state index contributed by atoms with van der Waals surface area (Å²) in [6.45, 7) is 4.52. The van der Waals surface area contributed by atoms with Gasteiger partial charge in [-0.2, -0.15) is 0 Å². The smallest absolute Gasteiger partial charge is 0.326 e. The summed E-state index contributed by atoms with van der Waals surface area (Å²) in [5.41, 5.74) is 0. The van der Waals surface area contributed by atoms with Gasteiger partial charge in [0.2, 0.25) is 5.91 Å². The van der Waals surface area contributed by atoms with E-state index in [0.717, 1.165) is 25.9 Å². The molecule has 3 atom stereocenters. The van der Waals surface area contributed by atoms with Crippen molar-refractivity contribution in [2.45, 2.75) is 58.1 Å². The Bertz CT molecular complexity index is 287. The van der Waals surface area contributed by atoms with Gasteiger partial charge >= 0.3 is 5.97 Å². The number of ether oxygens (including phenoxy) is 1. The Morgan fingerprint density at radius 3 is 2.72 bits per heavy atom. The third-order valence-corrected chi connectivity index (χ3v) is 3.51. The van der Waals surface area contributed by atoms with Crippen molar-refractivity contribution in [1.29, 1.82) is 0 Å². The molecule has 1 fully saturated rings. The molecule has 1 heterocycles. The van der Waals surface area contributed by atoms with Gasteiger partial charge in [-0.05, 0) is 25.2 Å². The first kappa shape index (κ1) is 15.0. The van der Waals surface area contributed by atoms with Crippen molar-refractivity contribution in [3.63, 3.8) is 0 Å². The molecule has 1 aliphatic rings. The Labute approximate surface area is 108 Å². The molecular formula is C13H23NO4. The first-order chi connectivity index (χ1) is 8.54. The lowest BCUT2D eigenvalue weighted by Gasteiger charge is -2.20. The molecule has 1 rings (SSSR count). The van der Waals surface area contributed by atoms with Crippen LogP contribution in [0.15, 0.2) is 0 Å². The van der Waals surface area contributed by atoms with Crippen LogP contribution in [0, 0.1) is 5.92 Å². The quantitative estimate of drug-likeness (QED) is 0.725. The molecule has 1 aliphatic heterocycles. The van der Waals surface area contributed by atoms with Gasteiger partial charge in [0.05, 0.1) is 6.10 Å². The number of rotatable bonds is 7. The molecule has 0 radical (unpaired) electrons. The third-order valence-electron chi connectivity index (χ3n) is 3.51. The fraction of sp³-hybridized carbons (Fsp3) is 0.846. The largest absolute Gasteiger partial charge is 0.480 e. The number of hydrogen-bond donors (Lipinski definition) is 2. The Kier molecular flexibility index (Phi) is 6.12. The fourth-order valence-corrected chi connectivity index (χ4v) is 2.09. The number of carbonyl (C=O) groups excluding carboxylic acids is 1. The van der Waals surface area contributed by atoms with Crippen molar-refractivity contribution in [2.75, 3.05) is 6.61 Å². The summed E-state index contributed by atoms with van der Waals surface area (Å²) in [6, 6.07) is -0.785. The number of hydrogen-bond acceptors (Lipinski definition) is 3. The minimum Gasteiger partial charge on any atom is -0.480 e. The van der Waals surface area contributed by atoms with E-state index >= 15 is 0 Å². The van der Waals surface area contributed by atoms with Crippen molar-refractivity contribution in [1.82, 2.24) is 5.32 Å². The van der Waals surface area contributed by atoms with Gasteiger partial charge in [-0.25, -0.2) is 4.79 Å². The Balaban J connectivity index is 2.33. The summed E-state index contributed by atoms with van der Waals surface area (Å²) < 4.78 is 5.43. The van der Waals surface area contributed by atoms with E-state index < -0.39 is 12.0 Å². The van der Waals surface area contributed by atoms with E-state index in [1.54, 1.807) is 0 Å². The number of amides is 1. The molecule has 5 heteroatoms. The van der Waals surface area contributed by atoms with Crippen LogP contribution in [-0.4, -0.2) is 35.7 Å². The summed E-state index contributed by atoms with van der Waals surface area (Å²) in [4.78, 5) is 22.8. The maximum absolute atomic E-state index is 11.7. The van der Waals surface area contributed by atoms with Crippen LogP contribution in [0.2, 0.25) is 0 Å². The lowest BCUT2D eigenvalue weighted by atomic mass is 9.99. The van der Waals surface area contributed by atoms with Crippen molar-refractivity contribution >= 4 is 11.9 Å². The highest BCUT2D eigenvalue weighted by atomic mass is 16.5. The maximum Gasteiger partial charge on any atom is 0.326 e. The van der Waals surface area contributed by atoms with E-state index in [9.17, 15) is 9.59 Å². The first-order valence-corrected chi connectivity index (χ1v) is 6.68. The summed E-state index contributed by atoms with van der Waals surface area (Å²) in [5, 5.41) is 11.7. The van der Waals surface area contributed by atoms with Gasteiger partial charge in [-0.3, -0.25) is 4.79 Å². The van der Waals surface area contributed by atoms with E-state index in [0.29, 0.717) is 12.8 Å². The van der Waals surface area contributed by atoms with Crippen LogP contribution in [0.5, 0.6) is 0 Å². The molecule has 18 heavy (non-hydrogen) atoms. The first-order valence-electron chi connectivity index (χ1n) is 6.68. The van der Waals surface area contributed by atoms with E-state index in [-0.39, 0.29) is 17.9 Å². The molecule has 0 spiro atoms. The summed E-state index contributed by atoms with van der Waals surface area (Å²) in [5.74, 6) is -1.22. The molecule has 0 bridgehead atoms. The predicted molar refractivity (Wildman–Crippen MR) is 67.2 cm³/mol. The molecule has 0 aliphatic carbocycles. The van der Waals surface area contributed by atoms with Gasteiger partial charge in [-0.15, -0.1) is 0 Å². The summed E-state index contributed by atoms with van der Waals surface area (Å²) in [6.07, 6.45) is 3.97. The number of carboxylic acids is 1. The van der Waals surface area contributed by atoms with Crippen molar-refractivity contribution in [2.24, 2.45) is 5.92 Å². The molecule has 5 nitrogen and oxygen atoms in total. The zero-order valence-electron chi connectivity index (χ0n) is 11.1. The number of aliphatic carboxylic acids is 1. The minimum absolute atomic E-state index is 0.0609. The van der Waals surface area contributed by atoms with Crippen LogP contribution in [-0.2, 0) is 14.3 Å². The second-order valence-corrected chi connectivity index (χ2v) is 4.94. The molecule has 0 aromatic carbocycles. The zero-order valence-corrected chi connectivity index (χ0v) is 11.1. The molecule has 1 saturated heterocycles. The summed E-state index contributed by atoms with van der Waals surface area (Å²) in [7, 11) is 0. The Hall–Kier alpha value is -1.10. The summed E-state index contributed by atoms with van der Waals surface area (Å²) >= 11 is 0. The van der Waals surface area contributed by atoms with Gasteiger partial charge in [0.1, 0.15) is 6.04 Å². The van der Waals surface area contributed by atoms with Gasteiger partial charge in [0.25, 0.3) is 0 Å². The number of nitrogens with one attached hydrogen (secondary N) is 1. The highest BCUT2D eigenvalue weighted by Gasteiger charge is 2.25. The fourth-order valence-electron chi connectivity index (χ4n) is 2.09. The Morgan fingerprint density at radius 1 is 1.50 bits per heavy atom. The molecule has 0 aromatic rings. The predicted octanol–water partition coefficient (Wildman–Crippen LogP) is 1.56. The maximum atomic E-state index is 11.7. The second-order valence-electron chi connectivity index (χ2n) is 4.94. The van der Waals surface area contributed by atoms with Crippen LogP contribution in [0.3, 0.4) is 0 Å². The molecule has 1 unspecified atom stereocenters. The molecule has 0 aromatic heterocycles. The van der Waals surface area contributed by atoms with Crippen LogP contribution in [0.1, 0.15) is 46.0 Å². The molecule has 104 valence electrons.